The molecule has 4 saturated carbocycles. The Bertz CT molecular complexity index is 1190. The lowest BCUT2D eigenvalue weighted by atomic mass is 9.42. The smallest absolute Gasteiger partial charge is 0.393 e. The van der Waals surface area contributed by atoms with E-state index in [9.17, 15) is 33.4 Å². The van der Waals surface area contributed by atoms with Gasteiger partial charge in [0.1, 0.15) is 24.4 Å². The number of fused-ring (bicyclic) bond motifs is 5. The normalized spacial score (nSPS) is 49.3. The molecule has 0 bridgehead atoms. The van der Waals surface area contributed by atoms with Crippen molar-refractivity contribution in [2.75, 3.05) is 20.8 Å². The van der Waals surface area contributed by atoms with Gasteiger partial charge in [-0.15, -0.1) is 0 Å². The molecule has 1 aliphatic heterocycles. The molecule has 4 aliphatic carbocycles. The van der Waals surface area contributed by atoms with Crippen LogP contribution < -0.4 is 0 Å². The molecule has 13 heteroatoms. The number of rotatable bonds is 11. The SMILES string of the molecule is CO[C@H]1[C@H](O[C@H]2CC[C@@]3(C)C(C2)C(O)C[C@@]2(O)[C@@H]4C(OS(=O)(=O)O)C(O)[C@H]([C@H](C)CCCC(C)C)[C@@]4(C)CC[C@@H]23)OC[C@@H](OC)[C@@H]1O. The molecule has 47 heavy (non-hydrogen) atoms. The lowest BCUT2D eigenvalue weighted by Gasteiger charge is -2.66. The first-order chi connectivity index (χ1) is 21.9. The average molecular weight is 693 g/mol. The Morgan fingerprint density at radius 3 is 2.23 bits per heavy atom. The van der Waals surface area contributed by atoms with E-state index in [2.05, 4.69) is 27.7 Å². The maximum Gasteiger partial charge on any atom is 0.397 e. The van der Waals surface area contributed by atoms with Gasteiger partial charge in [-0.05, 0) is 72.5 Å². The van der Waals surface area contributed by atoms with Crippen molar-refractivity contribution >= 4 is 10.4 Å². The van der Waals surface area contributed by atoms with Crippen LogP contribution in [0.3, 0.4) is 0 Å². The van der Waals surface area contributed by atoms with Crippen molar-refractivity contribution in [2.24, 2.45) is 46.3 Å². The highest BCUT2D eigenvalue weighted by Gasteiger charge is 2.73. The third kappa shape index (κ3) is 6.82. The molecule has 5 N–H and O–H groups in total. The van der Waals surface area contributed by atoms with Crippen LogP contribution in [-0.2, 0) is 33.5 Å². The van der Waals surface area contributed by atoms with E-state index in [1.807, 2.05) is 6.92 Å². The highest BCUT2D eigenvalue weighted by molar-refractivity contribution is 7.80. The number of ether oxygens (including phenoxy) is 4. The molecule has 0 aromatic heterocycles. The Morgan fingerprint density at radius 2 is 1.62 bits per heavy atom. The fourth-order valence-electron chi connectivity index (χ4n) is 11.4. The van der Waals surface area contributed by atoms with Gasteiger partial charge in [0.25, 0.3) is 0 Å². The summed E-state index contributed by atoms with van der Waals surface area (Å²) in [6.07, 6.45) is -0.891. The molecule has 5 fully saturated rings. The molecule has 4 unspecified atom stereocenters. The monoisotopic (exact) mass is 692 g/mol. The molecule has 0 spiro atoms. The molecule has 12 nitrogen and oxygen atoms in total. The summed E-state index contributed by atoms with van der Waals surface area (Å²) in [6.45, 7) is 10.7. The number of methoxy groups -OCH3 is 2. The van der Waals surface area contributed by atoms with Crippen LogP contribution >= 0.6 is 0 Å². The van der Waals surface area contributed by atoms with Crippen molar-refractivity contribution in [3.8, 4) is 0 Å². The summed E-state index contributed by atoms with van der Waals surface area (Å²) >= 11 is 0. The van der Waals surface area contributed by atoms with Gasteiger partial charge in [0.05, 0.1) is 30.5 Å². The molecule has 0 aromatic carbocycles. The zero-order valence-corrected chi connectivity index (χ0v) is 30.0. The van der Waals surface area contributed by atoms with Crippen molar-refractivity contribution in [3.05, 3.63) is 0 Å². The maximum absolute atomic E-state index is 12.9. The maximum atomic E-state index is 12.9. The van der Waals surface area contributed by atoms with E-state index in [1.54, 1.807) is 0 Å². The van der Waals surface area contributed by atoms with E-state index in [0.29, 0.717) is 38.0 Å². The third-order valence-corrected chi connectivity index (χ3v) is 13.8. The van der Waals surface area contributed by atoms with Gasteiger partial charge in [0.2, 0.25) is 0 Å². The number of hydrogen-bond acceptors (Lipinski definition) is 11. The van der Waals surface area contributed by atoms with Crippen molar-refractivity contribution in [2.45, 2.75) is 147 Å². The highest BCUT2D eigenvalue weighted by atomic mass is 32.3. The molecular formula is C34H60O12S. The predicted octanol–water partition coefficient (Wildman–Crippen LogP) is 3.09. The highest BCUT2D eigenvalue weighted by Crippen LogP contribution is 2.70. The average Bonchev–Trinajstić information content (AvgIpc) is 3.18. The minimum absolute atomic E-state index is 0.00767. The van der Waals surface area contributed by atoms with E-state index < -0.39 is 75.7 Å². The molecule has 5 aliphatic rings. The van der Waals surface area contributed by atoms with Gasteiger partial charge in [-0.3, -0.25) is 4.55 Å². The van der Waals surface area contributed by atoms with E-state index in [-0.39, 0.29) is 42.8 Å². The molecule has 5 rings (SSSR count). The van der Waals surface area contributed by atoms with E-state index in [1.165, 1.54) is 14.2 Å². The summed E-state index contributed by atoms with van der Waals surface area (Å²) in [4.78, 5) is 0. The summed E-state index contributed by atoms with van der Waals surface area (Å²) in [5.41, 5.74) is -2.74. The lowest BCUT2D eigenvalue weighted by molar-refractivity contribution is -0.305. The van der Waals surface area contributed by atoms with Gasteiger partial charge >= 0.3 is 10.4 Å². The quantitative estimate of drug-likeness (QED) is 0.158. The van der Waals surface area contributed by atoms with E-state index in [0.717, 1.165) is 19.3 Å². The summed E-state index contributed by atoms with van der Waals surface area (Å²) in [6, 6.07) is 0. The zero-order chi connectivity index (χ0) is 34.7. The largest absolute Gasteiger partial charge is 0.397 e. The van der Waals surface area contributed by atoms with Gasteiger partial charge in [-0.2, -0.15) is 8.42 Å². The van der Waals surface area contributed by atoms with E-state index >= 15 is 0 Å². The first-order valence-electron chi connectivity index (χ1n) is 17.7. The second-order valence-corrected chi connectivity index (χ2v) is 17.5. The Hall–Kier alpha value is -0.450. The Morgan fingerprint density at radius 1 is 0.936 bits per heavy atom. The van der Waals surface area contributed by atoms with Crippen molar-refractivity contribution in [1.29, 1.82) is 0 Å². The van der Waals surface area contributed by atoms with Gasteiger partial charge in [-0.25, -0.2) is 4.18 Å². The van der Waals surface area contributed by atoms with Crippen LogP contribution in [0, 0.1) is 46.3 Å². The van der Waals surface area contributed by atoms with E-state index in [4.69, 9.17) is 23.1 Å². The Kier molecular flexibility index (Phi) is 11.2. The van der Waals surface area contributed by atoms with Crippen LogP contribution in [0.15, 0.2) is 0 Å². The fourth-order valence-corrected chi connectivity index (χ4v) is 11.9. The third-order valence-electron chi connectivity index (χ3n) is 13.4. The molecule has 1 heterocycles. The lowest BCUT2D eigenvalue weighted by Crippen LogP contribution is -2.69. The van der Waals surface area contributed by atoms with Crippen molar-refractivity contribution in [1.82, 2.24) is 0 Å². The number of hydrogen-bond donors (Lipinski definition) is 5. The molecule has 16 atom stereocenters. The van der Waals surface area contributed by atoms with Gasteiger partial charge in [0, 0.05) is 26.6 Å². The van der Waals surface area contributed by atoms with Crippen LogP contribution in [-0.4, -0.2) is 109 Å². The standard InChI is InChI=1S/C34H60O12S/c1-18(2)9-8-10-19(3)25-27(37)28(46-47(39,40)41)30-33(25,5)14-12-24-32(4)13-11-20(15-21(32)22(35)16-34(24,30)38)45-31-29(43-7)26(36)23(42-6)17-44-31/h18-31,35-38H,8-17H2,1-7H3,(H,39,40,41)/t19-,20+,21?,22?,23-,24-,25+,26+,27?,28?,29-,30-,31+,32+,33-,34+/m1/s1. The Labute approximate surface area is 280 Å². The minimum atomic E-state index is -4.95. The number of aliphatic hydroxyl groups is 4. The second-order valence-electron chi connectivity index (χ2n) is 16.5. The summed E-state index contributed by atoms with van der Waals surface area (Å²) in [7, 11) is -1.95. The minimum Gasteiger partial charge on any atom is -0.393 e. The first kappa shape index (κ1) is 37.8. The molecule has 1 saturated heterocycles. The molecular weight excluding hydrogens is 632 g/mol. The number of aliphatic hydroxyl groups excluding tert-OH is 3. The molecule has 0 radical (unpaired) electrons. The van der Waals surface area contributed by atoms with Crippen molar-refractivity contribution in [3.63, 3.8) is 0 Å². The van der Waals surface area contributed by atoms with Crippen molar-refractivity contribution < 1.29 is 56.5 Å². The topological polar surface area (TPSA) is 181 Å². The second kappa shape index (κ2) is 13.9. The predicted molar refractivity (Wildman–Crippen MR) is 171 cm³/mol. The van der Waals surface area contributed by atoms with Gasteiger partial charge in [-0.1, -0.05) is 53.9 Å². The van der Waals surface area contributed by atoms with Gasteiger partial charge < -0.3 is 39.4 Å². The Balaban J connectivity index is 1.40. The summed E-state index contributed by atoms with van der Waals surface area (Å²) in [5, 5.41) is 47.2. The van der Waals surface area contributed by atoms with Crippen LogP contribution in [0.4, 0.5) is 0 Å². The molecule has 0 aromatic rings. The van der Waals surface area contributed by atoms with Crippen LogP contribution in [0.5, 0.6) is 0 Å². The zero-order valence-electron chi connectivity index (χ0n) is 29.2. The fraction of sp³-hybridized carbons (Fsp3) is 1.00. The summed E-state index contributed by atoms with van der Waals surface area (Å²) in [5.74, 6) is -1.16. The van der Waals surface area contributed by atoms with Crippen LogP contribution in [0.2, 0.25) is 0 Å². The summed E-state index contributed by atoms with van der Waals surface area (Å²) < 4.78 is 62.7. The van der Waals surface area contributed by atoms with Crippen LogP contribution in [0.25, 0.3) is 0 Å². The van der Waals surface area contributed by atoms with Gasteiger partial charge in [0.15, 0.2) is 6.29 Å². The molecule has 274 valence electrons. The molecule has 0 amide bonds. The van der Waals surface area contributed by atoms with Crippen LogP contribution in [0.1, 0.15) is 92.4 Å². The first-order valence-corrected chi connectivity index (χ1v) is 19.0.